The van der Waals surface area contributed by atoms with E-state index in [1.165, 1.54) is 0 Å². The van der Waals surface area contributed by atoms with Crippen molar-refractivity contribution in [2.75, 3.05) is 0 Å². The molecule has 1 aromatic rings. The van der Waals surface area contributed by atoms with Gasteiger partial charge >= 0.3 is 29.9 Å². The molecule has 3 heteroatoms. The molecule has 0 saturated carbocycles. The van der Waals surface area contributed by atoms with Gasteiger partial charge in [-0.2, -0.15) is 0 Å². The number of carboxylic acid groups (broad SMARTS) is 1. The van der Waals surface area contributed by atoms with Gasteiger partial charge in [-0.05, 0) is 12.1 Å². The monoisotopic (exact) mass is 244 g/mol. The van der Waals surface area contributed by atoms with Crippen LogP contribution in [0.4, 0.5) is 0 Å². The van der Waals surface area contributed by atoms with Gasteiger partial charge in [0.15, 0.2) is 0 Å². The number of hydrogen-bond acceptors (Lipinski definition) is 1. The molecule has 0 amide bonds. The predicted molar refractivity (Wildman–Crippen MR) is 41.9 cm³/mol. The standard InChI is InChI=1S/C7H6O2.Sn.2H/c8-7(9)6-4-2-1-3-5-6;;;/h1-5H,(H,8,9);;;. The van der Waals surface area contributed by atoms with Gasteiger partial charge in [0.25, 0.3) is 0 Å². The molecule has 1 aromatic carbocycles. The van der Waals surface area contributed by atoms with Crippen molar-refractivity contribution < 1.29 is 9.90 Å². The van der Waals surface area contributed by atoms with Gasteiger partial charge in [0, 0.05) is 0 Å². The van der Waals surface area contributed by atoms with E-state index in [1.54, 1.807) is 30.3 Å². The Hall–Kier alpha value is -0.511. The van der Waals surface area contributed by atoms with Crippen molar-refractivity contribution >= 4 is 29.9 Å². The van der Waals surface area contributed by atoms with Crippen LogP contribution in [0.1, 0.15) is 10.4 Å². The quantitative estimate of drug-likeness (QED) is 0.727. The number of benzene rings is 1. The molecule has 2 radical (unpaired) electrons. The van der Waals surface area contributed by atoms with Crippen LogP contribution in [0.3, 0.4) is 0 Å². The van der Waals surface area contributed by atoms with Crippen molar-refractivity contribution in [2.24, 2.45) is 0 Å². The number of aromatic carboxylic acids is 1. The molecule has 0 aliphatic rings. The molecule has 0 unspecified atom stereocenters. The van der Waals surface area contributed by atoms with Crippen molar-refractivity contribution in [3.63, 3.8) is 0 Å². The summed E-state index contributed by atoms with van der Waals surface area (Å²) < 4.78 is 0. The molecule has 0 aliphatic heterocycles. The Morgan fingerprint density at radius 3 is 2.00 bits per heavy atom. The number of hydrogen-bond donors (Lipinski definition) is 1. The maximum absolute atomic E-state index is 10.2. The molecule has 52 valence electrons. The minimum atomic E-state index is -0.879. The molecule has 0 spiro atoms. The molecule has 0 bridgehead atoms. The molecule has 1 N–H and O–H groups in total. The minimum absolute atomic E-state index is 0. The Labute approximate surface area is 75.8 Å². The summed E-state index contributed by atoms with van der Waals surface area (Å²) in [5, 5.41) is 8.38. The van der Waals surface area contributed by atoms with E-state index in [1.807, 2.05) is 0 Å². The van der Waals surface area contributed by atoms with E-state index in [0.29, 0.717) is 5.56 Å². The Bertz CT molecular complexity index is 208. The second-order valence-electron chi connectivity index (χ2n) is 1.67. The average molecular weight is 243 g/mol. The van der Waals surface area contributed by atoms with Gasteiger partial charge in [-0.15, -0.1) is 0 Å². The first-order chi connectivity index (χ1) is 4.30. The van der Waals surface area contributed by atoms with Crippen molar-refractivity contribution in [1.82, 2.24) is 0 Å². The first kappa shape index (κ1) is 9.49. The Kier molecular flexibility index (Phi) is 4.11. The fourth-order valence-corrected chi connectivity index (χ4v) is 0.581. The van der Waals surface area contributed by atoms with Crippen LogP contribution in [0.15, 0.2) is 30.3 Å². The third kappa shape index (κ3) is 2.39. The zero-order valence-corrected chi connectivity index (χ0v) is 9.49. The van der Waals surface area contributed by atoms with E-state index in [9.17, 15) is 4.79 Å². The fourth-order valence-electron chi connectivity index (χ4n) is 0.581. The number of carbonyl (C=O) groups is 1. The zero-order chi connectivity index (χ0) is 6.69. The molecule has 10 heavy (non-hydrogen) atoms. The Balaban J connectivity index is 0.000000810. The van der Waals surface area contributed by atoms with Gasteiger partial charge in [-0.3, -0.25) is 0 Å². The van der Waals surface area contributed by atoms with Crippen LogP contribution in [0.2, 0.25) is 0 Å². The molecule has 0 atom stereocenters. The van der Waals surface area contributed by atoms with Crippen LogP contribution in [0.5, 0.6) is 0 Å². The molecule has 0 fully saturated rings. The van der Waals surface area contributed by atoms with Crippen molar-refractivity contribution in [2.45, 2.75) is 0 Å². The molecular weight excluding hydrogens is 235 g/mol. The van der Waals surface area contributed by atoms with Crippen LogP contribution in [-0.4, -0.2) is 35.0 Å². The number of carboxylic acids is 1. The van der Waals surface area contributed by atoms with Gasteiger partial charge in [0.2, 0.25) is 0 Å². The topological polar surface area (TPSA) is 37.3 Å². The van der Waals surface area contributed by atoms with Crippen molar-refractivity contribution in [3.05, 3.63) is 35.9 Å². The first-order valence-electron chi connectivity index (χ1n) is 2.59. The summed E-state index contributed by atoms with van der Waals surface area (Å²) in [7, 11) is 0. The molecule has 0 heterocycles. The van der Waals surface area contributed by atoms with E-state index in [2.05, 4.69) is 0 Å². The molecule has 2 nitrogen and oxygen atoms in total. The van der Waals surface area contributed by atoms with E-state index in [4.69, 9.17) is 5.11 Å². The summed E-state index contributed by atoms with van der Waals surface area (Å²) in [6, 6.07) is 8.30. The third-order valence-corrected chi connectivity index (χ3v) is 1.02. The Morgan fingerprint density at radius 1 is 1.20 bits per heavy atom. The van der Waals surface area contributed by atoms with Gasteiger partial charge < -0.3 is 5.11 Å². The predicted octanol–water partition coefficient (Wildman–Crippen LogP) is 0.469. The number of rotatable bonds is 1. The van der Waals surface area contributed by atoms with E-state index in [-0.39, 0.29) is 23.9 Å². The Morgan fingerprint density at radius 2 is 1.70 bits per heavy atom. The van der Waals surface area contributed by atoms with Crippen LogP contribution < -0.4 is 0 Å². The van der Waals surface area contributed by atoms with E-state index >= 15 is 0 Å². The zero-order valence-electron chi connectivity index (χ0n) is 5.45. The maximum atomic E-state index is 10.2. The SMILES string of the molecule is O=C(O)c1ccccc1.[SnH2]. The van der Waals surface area contributed by atoms with E-state index < -0.39 is 5.97 Å². The summed E-state index contributed by atoms with van der Waals surface area (Å²) in [4.78, 5) is 10.2. The van der Waals surface area contributed by atoms with Crippen molar-refractivity contribution in [3.8, 4) is 0 Å². The molecule has 0 aromatic heterocycles. The van der Waals surface area contributed by atoms with Crippen LogP contribution in [0, 0.1) is 0 Å². The van der Waals surface area contributed by atoms with Crippen molar-refractivity contribution in [1.29, 1.82) is 0 Å². The third-order valence-electron chi connectivity index (χ3n) is 1.02. The summed E-state index contributed by atoms with van der Waals surface area (Å²) in [6.07, 6.45) is 0. The fraction of sp³-hybridized carbons (Fsp3) is 0. The van der Waals surface area contributed by atoms with Gasteiger partial charge in [0.1, 0.15) is 0 Å². The second kappa shape index (κ2) is 4.33. The van der Waals surface area contributed by atoms with Gasteiger partial charge in [0.05, 0.1) is 5.56 Å². The summed E-state index contributed by atoms with van der Waals surface area (Å²) >= 11 is 0. The summed E-state index contributed by atoms with van der Waals surface area (Å²) in [5.74, 6) is -0.879. The summed E-state index contributed by atoms with van der Waals surface area (Å²) in [6.45, 7) is 0. The second-order valence-corrected chi connectivity index (χ2v) is 1.67. The molecular formula is C7H8O2Sn. The van der Waals surface area contributed by atoms with Crippen LogP contribution >= 0.6 is 0 Å². The first-order valence-corrected chi connectivity index (χ1v) is 2.59. The molecule has 0 aliphatic carbocycles. The van der Waals surface area contributed by atoms with Crippen LogP contribution in [0.25, 0.3) is 0 Å². The molecule has 1 rings (SSSR count). The van der Waals surface area contributed by atoms with Gasteiger partial charge in [-0.25, -0.2) is 4.79 Å². The normalized spacial score (nSPS) is 8.00. The van der Waals surface area contributed by atoms with Gasteiger partial charge in [-0.1, -0.05) is 18.2 Å². The van der Waals surface area contributed by atoms with E-state index in [0.717, 1.165) is 0 Å². The van der Waals surface area contributed by atoms with Crippen LogP contribution in [-0.2, 0) is 0 Å². The summed E-state index contributed by atoms with van der Waals surface area (Å²) in [5.41, 5.74) is 0.331. The average Bonchev–Trinajstić information content (AvgIpc) is 1.90. The molecule has 0 saturated heterocycles.